The highest BCUT2D eigenvalue weighted by atomic mass is 32.2. The molecule has 0 spiro atoms. The van der Waals surface area contributed by atoms with Crippen molar-refractivity contribution in [3.8, 4) is 0 Å². The molecule has 1 saturated heterocycles. The zero-order valence-electron chi connectivity index (χ0n) is 11.4. The third kappa shape index (κ3) is 4.94. The maximum Gasteiger partial charge on any atom is 0.317 e. The molecule has 1 heterocycles. The highest BCUT2D eigenvalue weighted by Crippen LogP contribution is 2.11. The van der Waals surface area contributed by atoms with Gasteiger partial charge in [-0.2, -0.15) is 0 Å². The SMILES string of the molecule is CC(C)(C)S(=O)CCNC(=O)N1CCCC(O)C1. The van der Waals surface area contributed by atoms with Crippen molar-refractivity contribution in [2.75, 3.05) is 25.4 Å². The van der Waals surface area contributed by atoms with Gasteiger partial charge in [0.2, 0.25) is 0 Å². The van der Waals surface area contributed by atoms with Gasteiger partial charge in [-0.05, 0) is 33.6 Å². The van der Waals surface area contributed by atoms with E-state index in [9.17, 15) is 14.1 Å². The standard InChI is InChI=1S/C12H24N2O3S/c1-12(2,3)18(17)8-6-13-11(16)14-7-4-5-10(15)9-14/h10,15H,4-9H2,1-3H3,(H,13,16). The van der Waals surface area contributed by atoms with E-state index in [-0.39, 0.29) is 10.8 Å². The van der Waals surface area contributed by atoms with Crippen molar-refractivity contribution in [2.45, 2.75) is 44.5 Å². The molecule has 2 amide bonds. The second-order valence-corrected chi connectivity index (χ2v) is 7.96. The number of hydrogen-bond acceptors (Lipinski definition) is 3. The second-order valence-electron chi connectivity index (χ2n) is 5.64. The fourth-order valence-electron chi connectivity index (χ4n) is 1.81. The summed E-state index contributed by atoms with van der Waals surface area (Å²) in [5.74, 6) is 0.464. The van der Waals surface area contributed by atoms with E-state index in [1.807, 2.05) is 20.8 Å². The first kappa shape index (κ1) is 15.4. The van der Waals surface area contributed by atoms with Crippen molar-refractivity contribution < 1.29 is 14.1 Å². The van der Waals surface area contributed by atoms with Crippen LogP contribution in [0.4, 0.5) is 4.79 Å². The Hall–Kier alpha value is -0.620. The average Bonchev–Trinajstić information content (AvgIpc) is 2.27. The number of amides is 2. The van der Waals surface area contributed by atoms with Crippen LogP contribution in [0.15, 0.2) is 0 Å². The molecule has 0 radical (unpaired) electrons. The number of urea groups is 1. The van der Waals surface area contributed by atoms with Gasteiger partial charge in [0.1, 0.15) is 0 Å². The summed E-state index contributed by atoms with van der Waals surface area (Å²) in [4.78, 5) is 13.4. The van der Waals surface area contributed by atoms with Gasteiger partial charge in [-0.1, -0.05) is 0 Å². The van der Waals surface area contributed by atoms with Crippen LogP contribution in [0.1, 0.15) is 33.6 Å². The number of aliphatic hydroxyl groups excluding tert-OH is 1. The molecule has 0 aromatic carbocycles. The molecular formula is C12H24N2O3S. The van der Waals surface area contributed by atoms with Crippen LogP contribution < -0.4 is 5.32 Å². The maximum atomic E-state index is 11.8. The summed E-state index contributed by atoms with van der Waals surface area (Å²) in [6.45, 7) is 7.26. The molecule has 106 valence electrons. The zero-order valence-corrected chi connectivity index (χ0v) is 12.3. The summed E-state index contributed by atoms with van der Waals surface area (Å²) < 4.78 is 11.5. The van der Waals surface area contributed by atoms with Gasteiger partial charge >= 0.3 is 6.03 Å². The monoisotopic (exact) mass is 276 g/mol. The molecule has 0 aliphatic carbocycles. The zero-order chi connectivity index (χ0) is 13.8. The summed E-state index contributed by atoms with van der Waals surface area (Å²) >= 11 is 0. The molecule has 1 rings (SSSR count). The van der Waals surface area contributed by atoms with E-state index >= 15 is 0 Å². The minimum absolute atomic E-state index is 0.167. The van der Waals surface area contributed by atoms with Gasteiger partial charge in [0, 0.05) is 40.9 Å². The van der Waals surface area contributed by atoms with Gasteiger partial charge in [0.05, 0.1) is 6.10 Å². The Morgan fingerprint density at radius 3 is 2.72 bits per heavy atom. The number of piperidine rings is 1. The first-order valence-electron chi connectivity index (χ1n) is 6.40. The van der Waals surface area contributed by atoms with E-state index in [1.54, 1.807) is 4.90 Å². The maximum absolute atomic E-state index is 11.8. The lowest BCUT2D eigenvalue weighted by atomic mass is 10.1. The Labute approximate surface area is 111 Å². The Bertz CT molecular complexity index is 315. The number of carbonyl (C=O) groups is 1. The topological polar surface area (TPSA) is 69.6 Å². The molecule has 1 aliphatic heterocycles. The van der Waals surface area contributed by atoms with Crippen molar-refractivity contribution in [1.29, 1.82) is 0 Å². The van der Waals surface area contributed by atoms with Crippen LogP contribution in [0.25, 0.3) is 0 Å². The van der Waals surface area contributed by atoms with Gasteiger partial charge in [-0.25, -0.2) is 4.79 Å². The molecule has 0 aromatic rings. The average molecular weight is 276 g/mol. The first-order valence-corrected chi connectivity index (χ1v) is 7.72. The summed E-state index contributed by atoms with van der Waals surface area (Å²) in [5.41, 5.74) is 0. The molecule has 2 atom stereocenters. The van der Waals surface area contributed by atoms with Crippen LogP contribution >= 0.6 is 0 Å². The van der Waals surface area contributed by atoms with Crippen molar-refractivity contribution in [2.24, 2.45) is 0 Å². The Morgan fingerprint density at radius 2 is 2.17 bits per heavy atom. The van der Waals surface area contributed by atoms with Crippen LogP contribution in [-0.4, -0.2) is 56.5 Å². The largest absolute Gasteiger partial charge is 0.391 e. The molecule has 2 unspecified atom stereocenters. The fraction of sp³-hybridized carbons (Fsp3) is 0.917. The quantitative estimate of drug-likeness (QED) is 0.797. The molecule has 0 aromatic heterocycles. The molecule has 18 heavy (non-hydrogen) atoms. The number of likely N-dealkylation sites (tertiary alicyclic amines) is 1. The Morgan fingerprint density at radius 1 is 1.50 bits per heavy atom. The molecule has 6 heteroatoms. The van der Waals surface area contributed by atoms with E-state index < -0.39 is 16.9 Å². The Kier molecular flexibility index (Phi) is 5.59. The third-order valence-corrected chi connectivity index (χ3v) is 4.87. The number of rotatable bonds is 3. The van der Waals surface area contributed by atoms with Crippen LogP contribution in [0.5, 0.6) is 0 Å². The lowest BCUT2D eigenvalue weighted by Crippen LogP contribution is -2.48. The predicted molar refractivity (Wildman–Crippen MR) is 73.0 cm³/mol. The fourth-order valence-corrected chi connectivity index (χ4v) is 2.71. The van der Waals surface area contributed by atoms with E-state index in [1.165, 1.54) is 0 Å². The third-order valence-electron chi connectivity index (χ3n) is 2.93. The van der Waals surface area contributed by atoms with Gasteiger partial charge in [-0.15, -0.1) is 0 Å². The van der Waals surface area contributed by atoms with E-state index in [0.29, 0.717) is 25.4 Å². The minimum Gasteiger partial charge on any atom is -0.391 e. The number of aliphatic hydroxyl groups is 1. The summed E-state index contributed by atoms with van der Waals surface area (Å²) in [7, 11) is -0.948. The van der Waals surface area contributed by atoms with Crippen molar-refractivity contribution >= 4 is 16.8 Å². The molecule has 2 N–H and O–H groups in total. The van der Waals surface area contributed by atoms with Crippen molar-refractivity contribution in [3.05, 3.63) is 0 Å². The van der Waals surface area contributed by atoms with E-state index in [4.69, 9.17) is 0 Å². The molecule has 0 saturated carbocycles. The normalized spacial score (nSPS) is 22.7. The van der Waals surface area contributed by atoms with Crippen LogP contribution in [-0.2, 0) is 10.8 Å². The lowest BCUT2D eigenvalue weighted by Gasteiger charge is -2.30. The van der Waals surface area contributed by atoms with E-state index in [2.05, 4.69) is 5.32 Å². The molecule has 1 aliphatic rings. The first-order chi connectivity index (χ1) is 8.30. The number of carbonyl (C=O) groups excluding carboxylic acids is 1. The highest BCUT2D eigenvalue weighted by molar-refractivity contribution is 7.86. The number of nitrogens with one attached hydrogen (secondary N) is 1. The molecule has 1 fully saturated rings. The highest BCUT2D eigenvalue weighted by Gasteiger charge is 2.23. The smallest absolute Gasteiger partial charge is 0.317 e. The van der Waals surface area contributed by atoms with Crippen molar-refractivity contribution in [3.63, 3.8) is 0 Å². The Balaban J connectivity index is 2.27. The van der Waals surface area contributed by atoms with Crippen LogP contribution in [0.3, 0.4) is 0 Å². The van der Waals surface area contributed by atoms with Crippen LogP contribution in [0, 0.1) is 0 Å². The molecular weight excluding hydrogens is 252 g/mol. The van der Waals surface area contributed by atoms with Gasteiger partial charge in [0.15, 0.2) is 0 Å². The number of β-amino-alcohol motifs (C(OH)–C–C–N with tert-alkyl or cyclic N) is 1. The summed E-state index contributed by atoms with van der Waals surface area (Å²) in [6.07, 6.45) is 1.19. The van der Waals surface area contributed by atoms with Crippen LogP contribution in [0.2, 0.25) is 0 Å². The predicted octanol–water partition coefficient (Wildman–Crippen LogP) is 0.700. The van der Waals surface area contributed by atoms with Gasteiger partial charge in [-0.3, -0.25) is 4.21 Å². The summed E-state index contributed by atoms with van der Waals surface area (Å²) in [6, 6.07) is -0.167. The second kappa shape index (κ2) is 6.52. The molecule has 5 nitrogen and oxygen atoms in total. The van der Waals surface area contributed by atoms with Gasteiger partial charge < -0.3 is 15.3 Å². The molecule has 0 bridgehead atoms. The van der Waals surface area contributed by atoms with Crippen molar-refractivity contribution in [1.82, 2.24) is 10.2 Å². The lowest BCUT2D eigenvalue weighted by molar-refractivity contribution is 0.0845. The number of nitrogens with zero attached hydrogens (tertiary/aromatic N) is 1. The minimum atomic E-state index is -0.948. The number of hydrogen-bond donors (Lipinski definition) is 2. The van der Waals surface area contributed by atoms with Gasteiger partial charge in [0.25, 0.3) is 0 Å². The summed E-state index contributed by atoms with van der Waals surface area (Å²) in [5, 5.41) is 12.2. The van der Waals surface area contributed by atoms with E-state index in [0.717, 1.165) is 12.8 Å².